The molecule has 2 atom stereocenters. The zero-order valence-corrected chi connectivity index (χ0v) is 12.1. The van der Waals surface area contributed by atoms with Crippen molar-refractivity contribution in [3.63, 3.8) is 0 Å². The normalized spacial score (nSPS) is 23.6. The molecule has 0 bridgehead atoms. The number of benzene rings is 1. The molecule has 2 heterocycles. The molecule has 0 radical (unpaired) electrons. The molecular weight excluding hydrogens is 255 g/mol. The molecular formula is C16H23FN2O. The van der Waals surface area contributed by atoms with Gasteiger partial charge >= 0.3 is 0 Å². The Morgan fingerprint density at radius 3 is 3.00 bits per heavy atom. The van der Waals surface area contributed by atoms with E-state index in [4.69, 9.17) is 4.74 Å². The Morgan fingerprint density at radius 1 is 1.40 bits per heavy atom. The van der Waals surface area contributed by atoms with Crippen molar-refractivity contribution >= 4 is 0 Å². The van der Waals surface area contributed by atoms with E-state index in [9.17, 15) is 4.39 Å². The largest absolute Gasteiger partial charge is 0.488 e. The number of hydrogen-bond acceptors (Lipinski definition) is 3. The van der Waals surface area contributed by atoms with E-state index in [1.807, 2.05) is 0 Å². The van der Waals surface area contributed by atoms with Crippen molar-refractivity contribution in [2.45, 2.75) is 38.3 Å². The summed E-state index contributed by atoms with van der Waals surface area (Å²) in [5.74, 6) is 0.661. The molecule has 0 spiro atoms. The van der Waals surface area contributed by atoms with Gasteiger partial charge < -0.3 is 10.1 Å². The Hall–Kier alpha value is -1.13. The van der Waals surface area contributed by atoms with Crippen LogP contribution in [0.5, 0.6) is 5.75 Å². The maximum atomic E-state index is 13.1. The summed E-state index contributed by atoms with van der Waals surface area (Å²) in [4.78, 5) is 2.53. The smallest absolute Gasteiger partial charge is 0.123 e. The highest BCUT2D eigenvalue weighted by Crippen LogP contribution is 2.28. The first kappa shape index (κ1) is 13.8. The number of nitrogens with zero attached hydrogens (tertiary/aromatic N) is 1. The van der Waals surface area contributed by atoms with Gasteiger partial charge in [0.2, 0.25) is 0 Å². The molecule has 1 saturated heterocycles. The monoisotopic (exact) mass is 278 g/mol. The van der Waals surface area contributed by atoms with E-state index >= 15 is 0 Å². The van der Waals surface area contributed by atoms with E-state index in [2.05, 4.69) is 17.1 Å². The topological polar surface area (TPSA) is 24.5 Å². The van der Waals surface area contributed by atoms with Crippen LogP contribution >= 0.6 is 0 Å². The number of ether oxygens (including phenoxy) is 1. The number of fused-ring (bicyclic) bond motifs is 1. The molecule has 2 aliphatic heterocycles. The summed E-state index contributed by atoms with van der Waals surface area (Å²) < 4.78 is 19.0. The number of nitrogens with one attached hydrogen (secondary N) is 1. The maximum Gasteiger partial charge on any atom is 0.123 e. The standard InChI is InChI=1S/C16H23FN2O/c1-12(19-6-2-3-7-19)10-18-11-15-9-13-8-14(17)4-5-16(13)20-15/h4-5,8,12,15,18H,2-3,6-7,9-11H2,1H3. The highest BCUT2D eigenvalue weighted by atomic mass is 19.1. The molecule has 1 aromatic rings. The van der Waals surface area contributed by atoms with Gasteiger partial charge in [0.05, 0.1) is 0 Å². The molecule has 4 heteroatoms. The second-order valence-corrected chi connectivity index (χ2v) is 5.95. The zero-order valence-electron chi connectivity index (χ0n) is 12.1. The summed E-state index contributed by atoms with van der Waals surface area (Å²) in [5.41, 5.74) is 0.990. The fraction of sp³-hybridized carbons (Fsp3) is 0.625. The van der Waals surface area contributed by atoms with Crippen LogP contribution < -0.4 is 10.1 Å². The fourth-order valence-corrected chi connectivity index (χ4v) is 3.17. The van der Waals surface area contributed by atoms with E-state index in [0.29, 0.717) is 6.04 Å². The first-order chi connectivity index (χ1) is 9.72. The van der Waals surface area contributed by atoms with Gasteiger partial charge in [0.25, 0.3) is 0 Å². The van der Waals surface area contributed by atoms with Gasteiger partial charge in [-0.25, -0.2) is 4.39 Å². The van der Waals surface area contributed by atoms with Gasteiger partial charge in [-0.05, 0) is 51.1 Å². The molecule has 0 aliphatic carbocycles. The third kappa shape index (κ3) is 3.13. The second kappa shape index (κ2) is 6.10. The minimum absolute atomic E-state index is 0.137. The van der Waals surface area contributed by atoms with Crippen LogP contribution in [0.15, 0.2) is 18.2 Å². The molecule has 1 aromatic carbocycles. The Morgan fingerprint density at radius 2 is 2.20 bits per heavy atom. The number of hydrogen-bond donors (Lipinski definition) is 1. The summed E-state index contributed by atoms with van der Waals surface area (Å²) >= 11 is 0. The predicted molar refractivity (Wildman–Crippen MR) is 77.7 cm³/mol. The molecule has 0 aromatic heterocycles. The highest BCUT2D eigenvalue weighted by Gasteiger charge is 2.23. The minimum atomic E-state index is -0.177. The van der Waals surface area contributed by atoms with Crippen LogP contribution in [-0.4, -0.2) is 43.2 Å². The van der Waals surface area contributed by atoms with E-state index in [1.165, 1.54) is 32.0 Å². The quantitative estimate of drug-likeness (QED) is 0.893. The van der Waals surface area contributed by atoms with Crippen molar-refractivity contribution in [2.24, 2.45) is 0 Å². The van der Waals surface area contributed by atoms with Crippen LogP contribution in [0.1, 0.15) is 25.3 Å². The summed E-state index contributed by atoms with van der Waals surface area (Å²) in [7, 11) is 0. The van der Waals surface area contributed by atoms with Gasteiger partial charge in [0.1, 0.15) is 17.7 Å². The third-order valence-corrected chi connectivity index (χ3v) is 4.34. The molecule has 1 fully saturated rings. The molecule has 3 rings (SSSR count). The molecule has 1 N–H and O–H groups in total. The second-order valence-electron chi connectivity index (χ2n) is 5.95. The lowest BCUT2D eigenvalue weighted by molar-refractivity contribution is 0.210. The molecule has 2 aliphatic rings. The van der Waals surface area contributed by atoms with E-state index < -0.39 is 0 Å². The summed E-state index contributed by atoms with van der Waals surface area (Å²) in [6, 6.07) is 5.36. The highest BCUT2D eigenvalue weighted by molar-refractivity contribution is 5.37. The van der Waals surface area contributed by atoms with Gasteiger partial charge in [-0.1, -0.05) is 0 Å². The van der Waals surface area contributed by atoms with Crippen molar-refractivity contribution in [3.05, 3.63) is 29.6 Å². The molecule has 3 nitrogen and oxygen atoms in total. The van der Waals surface area contributed by atoms with Gasteiger partial charge in [0, 0.05) is 31.1 Å². The summed E-state index contributed by atoms with van der Waals surface area (Å²) in [6.45, 7) is 6.55. The third-order valence-electron chi connectivity index (χ3n) is 4.34. The number of halogens is 1. The van der Waals surface area contributed by atoms with Crippen LogP contribution in [0.3, 0.4) is 0 Å². The molecule has 20 heavy (non-hydrogen) atoms. The van der Waals surface area contributed by atoms with Crippen LogP contribution in [-0.2, 0) is 6.42 Å². The number of likely N-dealkylation sites (tertiary alicyclic amines) is 1. The van der Waals surface area contributed by atoms with Crippen molar-refractivity contribution in [1.82, 2.24) is 10.2 Å². The Balaban J connectivity index is 1.42. The van der Waals surface area contributed by atoms with Crippen LogP contribution in [0.4, 0.5) is 4.39 Å². The SMILES string of the molecule is CC(CNCC1Cc2cc(F)ccc2O1)N1CCCC1. The average molecular weight is 278 g/mol. The molecule has 110 valence electrons. The van der Waals surface area contributed by atoms with Crippen molar-refractivity contribution in [3.8, 4) is 5.75 Å². The Kier molecular flexibility index (Phi) is 4.22. The summed E-state index contributed by atoms with van der Waals surface area (Å²) in [5, 5.41) is 3.49. The first-order valence-electron chi connectivity index (χ1n) is 7.62. The van der Waals surface area contributed by atoms with Crippen molar-refractivity contribution in [2.75, 3.05) is 26.2 Å². The van der Waals surface area contributed by atoms with E-state index in [-0.39, 0.29) is 11.9 Å². The lowest BCUT2D eigenvalue weighted by Crippen LogP contribution is -2.41. The number of rotatable bonds is 5. The van der Waals surface area contributed by atoms with Gasteiger partial charge in [0.15, 0.2) is 0 Å². The van der Waals surface area contributed by atoms with Crippen LogP contribution in [0.2, 0.25) is 0 Å². The van der Waals surface area contributed by atoms with E-state index in [0.717, 1.165) is 30.8 Å². The van der Waals surface area contributed by atoms with Gasteiger partial charge in [-0.2, -0.15) is 0 Å². The molecule has 2 unspecified atom stereocenters. The molecule has 0 amide bonds. The van der Waals surface area contributed by atoms with Crippen molar-refractivity contribution in [1.29, 1.82) is 0 Å². The Bertz CT molecular complexity index is 460. The van der Waals surface area contributed by atoms with E-state index in [1.54, 1.807) is 12.1 Å². The average Bonchev–Trinajstić information content (AvgIpc) is 3.06. The zero-order chi connectivity index (χ0) is 13.9. The Labute approximate surface area is 120 Å². The van der Waals surface area contributed by atoms with Crippen molar-refractivity contribution < 1.29 is 9.13 Å². The lowest BCUT2D eigenvalue weighted by atomic mass is 10.1. The van der Waals surface area contributed by atoms with Crippen LogP contribution in [0.25, 0.3) is 0 Å². The van der Waals surface area contributed by atoms with Crippen LogP contribution in [0, 0.1) is 5.82 Å². The lowest BCUT2D eigenvalue weighted by Gasteiger charge is -2.24. The first-order valence-corrected chi connectivity index (χ1v) is 7.62. The van der Waals surface area contributed by atoms with Gasteiger partial charge in [-0.15, -0.1) is 0 Å². The van der Waals surface area contributed by atoms with Gasteiger partial charge in [-0.3, -0.25) is 4.90 Å². The minimum Gasteiger partial charge on any atom is -0.488 e. The fourth-order valence-electron chi connectivity index (χ4n) is 3.17. The molecule has 0 saturated carbocycles. The summed E-state index contributed by atoms with van der Waals surface area (Å²) in [6.07, 6.45) is 3.60. The predicted octanol–water partition coefficient (Wildman–Crippen LogP) is 2.20. The maximum absolute atomic E-state index is 13.1.